The van der Waals surface area contributed by atoms with Crippen LogP contribution in [-0.2, 0) is 4.79 Å². The van der Waals surface area contributed by atoms with Crippen molar-refractivity contribution in [3.8, 4) is 0 Å². The average molecular weight is 240 g/mol. The van der Waals surface area contributed by atoms with Crippen LogP contribution in [0.5, 0.6) is 0 Å². The summed E-state index contributed by atoms with van der Waals surface area (Å²) in [5.74, 6) is 1.44. The van der Waals surface area contributed by atoms with E-state index in [1.165, 1.54) is 25.9 Å². The van der Waals surface area contributed by atoms with Crippen molar-refractivity contribution in [2.75, 3.05) is 19.6 Å². The molecule has 2 atom stereocenters. The summed E-state index contributed by atoms with van der Waals surface area (Å²) in [5.41, 5.74) is 0. The van der Waals surface area contributed by atoms with E-state index in [9.17, 15) is 4.79 Å². The molecule has 0 saturated carbocycles. The molecule has 1 rings (SSSR count). The Morgan fingerprint density at radius 3 is 2.71 bits per heavy atom. The van der Waals surface area contributed by atoms with Gasteiger partial charge in [-0.1, -0.05) is 20.8 Å². The highest BCUT2D eigenvalue weighted by molar-refractivity contribution is 5.76. The predicted molar refractivity (Wildman–Crippen MR) is 71.9 cm³/mol. The van der Waals surface area contributed by atoms with Gasteiger partial charge in [-0.2, -0.15) is 0 Å². The van der Waals surface area contributed by atoms with Crippen LogP contribution in [0.15, 0.2) is 0 Å². The maximum atomic E-state index is 11.6. The molecule has 1 fully saturated rings. The lowest BCUT2D eigenvalue weighted by atomic mass is 10.00. The molecule has 17 heavy (non-hydrogen) atoms. The first-order chi connectivity index (χ1) is 7.97. The molecule has 0 bridgehead atoms. The van der Waals surface area contributed by atoms with E-state index in [1.807, 2.05) is 0 Å². The minimum Gasteiger partial charge on any atom is -0.352 e. The first-order valence-electron chi connectivity index (χ1n) is 6.99. The zero-order valence-corrected chi connectivity index (χ0v) is 11.8. The Kier molecular flexibility index (Phi) is 5.96. The minimum atomic E-state index is 0.192. The molecule has 2 unspecified atom stereocenters. The van der Waals surface area contributed by atoms with Crippen molar-refractivity contribution in [1.82, 2.24) is 10.2 Å². The summed E-state index contributed by atoms with van der Waals surface area (Å²) < 4.78 is 0. The molecule has 100 valence electrons. The second kappa shape index (κ2) is 7.00. The molecule has 0 aromatic heterocycles. The van der Waals surface area contributed by atoms with Crippen molar-refractivity contribution in [1.29, 1.82) is 0 Å². The fourth-order valence-electron chi connectivity index (χ4n) is 2.59. The maximum Gasteiger partial charge on any atom is 0.220 e. The van der Waals surface area contributed by atoms with Crippen molar-refractivity contribution in [3.63, 3.8) is 0 Å². The fourth-order valence-corrected chi connectivity index (χ4v) is 2.59. The van der Waals surface area contributed by atoms with Crippen molar-refractivity contribution in [2.24, 2.45) is 11.8 Å². The third-order valence-corrected chi connectivity index (χ3v) is 3.27. The number of amides is 1. The SMILES string of the molecule is CC(C)CC(=O)NC(C)CN1CCCC(C)C1. The van der Waals surface area contributed by atoms with Crippen LogP contribution in [0.2, 0.25) is 0 Å². The number of hydrogen-bond acceptors (Lipinski definition) is 2. The molecule has 1 heterocycles. The number of likely N-dealkylation sites (tertiary alicyclic amines) is 1. The normalized spacial score (nSPS) is 23.7. The van der Waals surface area contributed by atoms with E-state index in [2.05, 4.69) is 37.9 Å². The van der Waals surface area contributed by atoms with Crippen molar-refractivity contribution < 1.29 is 4.79 Å². The topological polar surface area (TPSA) is 32.3 Å². The van der Waals surface area contributed by atoms with E-state index in [0.717, 1.165) is 12.5 Å². The zero-order chi connectivity index (χ0) is 12.8. The molecule has 1 amide bonds. The zero-order valence-electron chi connectivity index (χ0n) is 11.8. The van der Waals surface area contributed by atoms with E-state index < -0.39 is 0 Å². The monoisotopic (exact) mass is 240 g/mol. The van der Waals surface area contributed by atoms with Gasteiger partial charge in [-0.25, -0.2) is 0 Å². The number of piperidine rings is 1. The van der Waals surface area contributed by atoms with E-state index in [1.54, 1.807) is 0 Å². The van der Waals surface area contributed by atoms with Gasteiger partial charge in [-0.05, 0) is 38.1 Å². The summed E-state index contributed by atoms with van der Waals surface area (Å²) in [6.07, 6.45) is 3.29. The third-order valence-electron chi connectivity index (χ3n) is 3.27. The Morgan fingerprint density at radius 2 is 2.12 bits per heavy atom. The van der Waals surface area contributed by atoms with Crippen LogP contribution in [0.3, 0.4) is 0 Å². The number of nitrogens with one attached hydrogen (secondary N) is 1. The molecule has 1 saturated heterocycles. The summed E-state index contributed by atoms with van der Waals surface area (Å²) >= 11 is 0. The molecule has 0 spiro atoms. The number of rotatable bonds is 5. The summed E-state index contributed by atoms with van der Waals surface area (Å²) in [6.45, 7) is 12.0. The Hall–Kier alpha value is -0.570. The van der Waals surface area contributed by atoms with Gasteiger partial charge >= 0.3 is 0 Å². The molecule has 3 heteroatoms. The van der Waals surface area contributed by atoms with Crippen molar-refractivity contribution in [3.05, 3.63) is 0 Å². The van der Waals surface area contributed by atoms with Crippen LogP contribution in [-0.4, -0.2) is 36.5 Å². The van der Waals surface area contributed by atoms with Gasteiger partial charge in [-0.15, -0.1) is 0 Å². The van der Waals surface area contributed by atoms with E-state index >= 15 is 0 Å². The summed E-state index contributed by atoms with van der Waals surface area (Å²) in [7, 11) is 0. The lowest BCUT2D eigenvalue weighted by Gasteiger charge is -2.32. The van der Waals surface area contributed by atoms with Gasteiger partial charge in [0.2, 0.25) is 5.91 Å². The summed E-state index contributed by atoms with van der Waals surface area (Å²) in [5, 5.41) is 3.09. The Morgan fingerprint density at radius 1 is 1.41 bits per heavy atom. The number of nitrogens with zero attached hydrogens (tertiary/aromatic N) is 1. The smallest absolute Gasteiger partial charge is 0.220 e. The molecule has 0 radical (unpaired) electrons. The lowest BCUT2D eigenvalue weighted by Crippen LogP contribution is -2.45. The molecule has 0 aromatic rings. The van der Waals surface area contributed by atoms with Crippen LogP contribution >= 0.6 is 0 Å². The van der Waals surface area contributed by atoms with Gasteiger partial charge < -0.3 is 10.2 Å². The first-order valence-corrected chi connectivity index (χ1v) is 6.99. The number of carbonyl (C=O) groups excluding carboxylic acids is 1. The van der Waals surface area contributed by atoms with Gasteiger partial charge in [0, 0.05) is 25.6 Å². The fraction of sp³-hybridized carbons (Fsp3) is 0.929. The third kappa shape index (κ3) is 6.06. The van der Waals surface area contributed by atoms with Gasteiger partial charge in [-0.3, -0.25) is 4.79 Å². The highest BCUT2D eigenvalue weighted by Crippen LogP contribution is 2.15. The molecular formula is C14H28N2O. The molecule has 0 aliphatic carbocycles. The molecule has 0 aromatic carbocycles. The van der Waals surface area contributed by atoms with Gasteiger partial charge in [0.1, 0.15) is 0 Å². The van der Waals surface area contributed by atoms with E-state index in [-0.39, 0.29) is 11.9 Å². The first kappa shape index (κ1) is 14.5. The van der Waals surface area contributed by atoms with Crippen LogP contribution in [0.25, 0.3) is 0 Å². The summed E-state index contributed by atoms with van der Waals surface area (Å²) in [4.78, 5) is 14.1. The molecular weight excluding hydrogens is 212 g/mol. The lowest BCUT2D eigenvalue weighted by molar-refractivity contribution is -0.122. The standard InChI is InChI=1S/C14H28N2O/c1-11(2)8-14(17)15-13(4)10-16-7-5-6-12(3)9-16/h11-13H,5-10H2,1-4H3,(H,15,17). The van der Waals surface area contributed by atoms with Gasteiger partial charge in [0.05, 0.1) is 0 Å². The van der Waals surface area contributed by atoms with Crippen LogP contribution in [0.1, 0.15) is 47.0 Å². The number of carbonyl (C=O) groups is 1. The van der Waals surface area contributed by atoms with E-state index in [0.29, 0.717) is 12.3 Å². The van der Waals surface area contributed by atoms with Gasteiger partial charge in [0.25, 0.3) is 0 Å². The van der Waals surface area contributed by atoms with Gasteiger partial charge in [0.15, 0.2) is 0 Å². The van der Waals surface area contributed by atoms with Crippen molar-refractivity contribution >= 4 is 5.91 Å². The Bertz CT molecular complexity index is 240. The Balaban J connectivity index is 2.24. The molecule has 1 aliphatic heterocycles. The number of hydrogen-bond donors (Lipinski definition) is 1. The van der Waals surface area contributed by atoms with Crippen LogP contribution in [0, 0.1) is 11.8 Å². The minimum absolute atomic E-state index is 0.192. The highest BCUT2D eigenvalue weighted by atomic mass is 16.1. The maximum absolute atomic E-state index is 11.6. The second-order valence-corrected chi connectivity index (χ2v) is 6.07. The average Bonchev–Trinajstić information content (AvgIpc) is 2.14. The molecule has 3 nitrogen and oxygen atoms in total. The molecule has 1 aliphatic rings. The predicted octanol–water partition coefficient (Wildman–Crippen LogP) is 2.27. The van der Waals surface area contributed by atoms with Crippen molar-refractivity contribution in [2.45, 2.75) is 53.0 Å². The second-order valence-electron chi connectivity index (χ2n) is 6.07. The largest absolute Gasteiger partial charge is 0.352 e. The molecule has 1 N–H and O–H groups in total. The quantitative estimate of drug-likeness (QED) is 0.799. The highest BCUT2D eigenvalue weighted by Gasteiger charge is 2.18. The Labute approximate surface area is 106 Å². The summed E-state index contributed by atoms with van der Waals surface area (Å²) in [6, 6.07) is 0.270. The van der Waals surface area contributed by atoms with Crippen LogP contribution in [0.4, 0.5) is 0 Å². The van der Waals surface area contributed by atoms with E-state index in [4.69, 9.17) is 0 Å². The van der Waals surface area contributed by atoms with Crippen LogP contribution < -0.4 is 5.32 Å².